The zero-order valence-corrected chi connectivity index (χ0v) is 15.6. The second-order valence-corrected chi connectivity index (χ2v) is 9.18. The highest BCUT2D eigenvalue weighted by Crippen LogP contribution is 2.44. The number of aliphatic hydroxyl groups excluding tert-OH is 1. The second-order valence-electron chi connectivity index (χ2n) is 6.95. The fourth-order valence-electron chi connectivity index (χ4n) is 3.95. The number of ether oxygens (including phenoxy) is 1. The number of sulfone groups is 1. The maximum Gasteiger partial charge on any atom is 0.410 e. The van der Waals surface area contributed by atoms with Gasteiger partial charge in [0.1, 0.15) is 6.61 Å². The first-order valence-electron chi connectivity index (χ1n) is 8.93. The van der Waals surface area contributed by atoms with Crippen LogP contribution >= 0.6 is 0 Å². The number of nitrogens with zero attached hydrogens (tertiary/aromatic N) is 1. The van der Waals surface area contributed by atoms with Gasteiger partial charge in [-0.15, -0.1) is 0 Å². The lowest BCUT2D eigenvalue weighted by molar-refractivity contribution is 0.0730. The summed E-state index contributed by atoms with van der Waals surface area (Å²) in [7, 11) is -3.23. The van der Waals surface area contributed by atoms with Crippen LogP contribution in [0, 0.1) is 0 Å². The van der Waals surface area contributed by atoms with Crippen LogP contribution in [-0.4, -0.2) is 61.8 Å². The normalized spacial score (nSPS) is 20.8. The first kappa shape index (κ1) is 18.0. The third kappa shape index (κ3) is 3.33. The third-order valence-electron chi connectivity index (χ3n) is 5.31. The molecule has 0 spiro atoms. The number of rotatable bonds is 3. The molecule has 1 amide bonds. The molecule has 1 aliphatic carbocycles. The molecule has 1 N–H and O–H groups in total. The molecule has 4 rings (SSSR count). The molecule has 0 bridgehead atoms. The summed E-state index contributed by atoms with van der Waals surface area (Å²) in [4.78, 5) is 13.9. The molecule has 7 heteroatoms. The van der Waals surface area contributed by atoms with Crippen LogP contribution in [0.15, 0.2) is 48.5 Å². The highest BCUT2D eigenvalue weighted by atomic mass is 32.2. The van der Waals surface area contributed by atoms with Gasteiger partial charge in [0.05, 0.1) is 24.2 Å². The van der Waals surface area contributed by atoms with Crippen molar-refractivity contribution in [3.63, 3.8) is 0 Å². The molecule has 0 saturated carbocycles. The molecule has 1 saturated heterocycles. The Kier molecular flexibility index (Phi) is 4.65. The Labute approximate surface area is 158 Å². The summed E-state index contributed by atoms with van der Waals surface area (Å²) in [5, 5.41) is 9.47. The van der Waals surface area contributed by atoms with E-state index in [0.29, 0.717) is 0 Å². The van der Waals surface area contributed by atoms with Crippen molar-refractivity contribution in [1.82, 2.24) is 4.90 Å². The zero-order valence-electron chi connectivity index (χ0n) is 14.7. The Morgan fingerprint density at radius 3 is 2.26 bits per heavy atom. The SMILES string of the molecule is O=C(OCC1c2ccccc2-c2ccccc21)N1CCS(=O)(=O)CC1CO. The first-order chi connectivity index (χ1) is 13.0. The third-order valence-corrected chi connectivity index (χ3v) is 7.01. The standard InChI is InChI=1S/C20H21NO5S/c22-11-14-13-27(24,25)10-9-21(14)20(23)26-12-19-17-7-3-1-5-15(17)16-6-2-4-8-18(16)19/h1-8,14,19,22H,9-13H2. The van der Waals surface area contributed by atoms with E-state index in [4.69, 9.17) is 4.74 Å². The Bertz CT molecular complexity index is 926. The molecule has 1 unspecified atom stereocenters. The summed E-state index contributed by atoms with van der Waals surface area (Å²) >= 11 is 0. The van der Waals surface area contributed by atoms with Crippen molar-refractivity contribution in [3.05, 3.63) is 59.7 Å². The van der Waals surface area contributed by atoms with Crippen molar-refractivity contribution >= 4 is 15.9 Å². The fourth-order valence-corrected chi connectivity index (χ4v) is 5.47. The van der Waals surface area contributed by atoms with Crippen LogP contribution in [0.3, 0.4) is 0 Å². The maximum atomic E-state index is 12.6. The van der Waals surface area contributed by atoms with E-state index in [0.717, 1.165) is 22.3 Å². The largest absolute Gasteiger partial charge is 0.448 e. The molecule has 142 valence electrons. The van der Waals surface area contributed by atoms with E-state index in [-0.39, 0.29) is 30.6 Å². The number of amides is 1. The number of hydrogen-bond acceptors (Lipinski definition) is 5. The average Bonchev–Trinajstić information content (AvgIpc) is 2.99. The van der Waals surface area contributed by atoms with Gasteiger partial charge in [-0.1, -0.05) is 48.5 Å². The molecular formula is C20H21NO5S. The molecule has 1 atom stereocenters. The predicted octanol–water partition coefficient (Wildman–Crippen LogP) is 2.03. The quantitative estimate of drug-likeness (QED) is 0.871. The van der Waals surface area contributed by atoms with E-state index in [1.54, 1.807) is 0 Å². The van der Waals surface area contributed by atoms with E-state index in [1.165, 1.54) is 4.90 Å². The highest BCUT2D eigenvalue weighted by Gasteiger charge is 2.36. The van der Waals surface area contributed by atoms with Gasteiger partial charge in [-0.2, -0.15) is 0 Å². The summed E-state index contributed by atoms with van der Waals surface area (Å²) in [5.74, 6) is -0.385. The van der Waals surface area contributed by atoms with E-state index in [2.05, 4.69) is 12.1 Å². The Hall–Kier alpha value is -2.38. The number of carbonyl (C=O) groups is 1. The van der Waals surface area contributed by atoms with Crippen LogP contribution in [0.25, 0.3) is 11.1 Å². The Morgan fingerprint density at radius 2 is 1.67 bits per heavy atom. The molecule has 2 aromatic rings. The van der Waals surface area contributed by atoms with Crippen LogP contribution in [0.4, 0.5) is 4.79 Å². The van der Waals surface area contributed by atoms with Gasteiger partial charge in [-0.3, -0.25) is 0 Å². The zero-order chi connectivity index (χ0) is 19.0. The summed E-state index contributed by atoms with van der Waals surface area (Å²) < 4.78 is 29.0. The molecule has 1 heterocycles. The summed E-state index contributed by atoms with van der Waals surface area (Å²) in [6.07, 6.45) is -0.578. The minimum atomic E-state index is -3.23. The number of carbonyl (C=O) groups excluding carboxylic acids is 1. The molecule has 2 aromatic carbocycles. The van der Waals surface area contributed by atoms with Gasteiger partial charge in [0.15, 0.2) is 9.84 Å². The molecule has 1 aliphatic heterocycles. The van der Waals surface area contributed by atoms with Gasteiger partial charge in [0, 0.05) is 12.5 Å². The molecule has 2 aliphatic rings. The topological polar surface area (TPSA) is 83.9 Å². The van der Waals surface area contributed by atoms with Crippen LogP contribution in [0.2, 0.25) is 0 Å². The van der Waals surface area contributed by atoms with Crippen molar-refractivity contribution in [2.75, 3.05) is 31.3 Å². The van der Waals surface area contributed by atoms with Crippen molar-refractivity contribution in [3.8, 4) is 11.1 Å². The van der Waals surface area contributed by atoms with Crippen molar-refractivity contribution in [1.29, 1.82) is 0 Å². The molecule has 6 nitrogen and oxygen atoms in total. The summed E-state index contributed by atoms with van der Waals surface area (Å²) in [5.41, 5.74) is 4.52. The van der Waals surface area contributed by atoms with Gasteiger partial charge >= 0.3 is 6.09 Å². The van der Waals surface area contributed by atoms with Crippen LogP contribution < -0.4 is 0 Å². The van der Waals surface area contributed by atoms with Gasteiger partial charge < -0.3 is 14.7 Å². The van der Waals surface area contributed by atoms with E-state index < -0.39 is 28.6 Å². The van der Waals surface area contributed by atoms with Crippen molar-refractivity contribution in [2.45, 2.75) is 12.0 Å². The minimum absolute atomic E-state index is 0.0459. The second kappa shape index (κ2) is 6.98. The van der Waals surface area contributed by atoms with Crippen LogP contribution in [-0.2, 0) is 14.6 Å². The number of hydrogen-bond donors (Lipinski definition) is 1. The van der Waals surface area contributed by atoms with Gasteiger partial charge in [0.2, 0.25) is 0 Å². The summed E-state index contributed by atoms with van der Waals surface area (Å²) in [6.45, 7) is -0.179. The van der Waals surface area contributed by atoms with E-state index in [9.17, 15) is 18.3 Å². The number of benzene rings is 2. The minimum Gasteiger partial charge on any atom is -0.448 e. The first-order valence-corrected chi connectivity index (χ1v) is 10.8. The lowest BCUT2D eigenvalue weighted by Gasteiger charge is -2.33. The molecular weight excluding hydrogens is 366 g/mol. The molecule has 27 heavy (non-hydrogen) atoms. The summed E-state index contributed by atoms with van der Waals surface area (Å²) in [6, 6.07) is 15.4. The smallest absolute Gasteiger partial charge is 0.410 e. The average molecular weight is 387 g/mol. The fraction of sp³-hybridized carbons (Fsp3) is 0.350. The highest BCUT2D eigenvalue weighted by molar-refractivity contribution is 7.91. The number of aliphatic hydroxyl groups is 1. The Morgan fingerprint density at radius 1 is 1.07 bits per heavy atom. The van der Waals surface area contributed by atoms with Crippen molar-refractivity contribution in [2.24, 2.45) is 0 Å². The van der Waals surface area contributed by atoms with Gasteiger partial charge in [-0.25, -0.2) is 13.2 Å². The Balaban J connectivity index is 1.51. The predicted molar refractivity (Wildman–Crippen MR) is 101 cm³/mol. The lowest BCUT2D eigenvalue weighted by Crippen LogP contribution is -2.53. The van der Waals surface area contributed by atoms with Gasteiger partial charge in [-0.05, 0) is 22.3 Å². The monoisotopic (exact) mass is 387 g/mol. The molecule has 0 radical (unpaired) electrons. The molecule has 1 fully saturated rings. The van der Waals surface area contributed by atoms with Crippen LogP contribution in [0.5, 0.6) is 0 Å². The molecule has 0 aromatic heterocycles. The maximum absolute atomic E-state index is 12.6. The number of fused-ring (bicyclic) bond motifs is 3. The van der Waals surface area contributed by atoms with Crippen LogP contribution in [0.1, 0.15) is 17.0 Å². The van der Waals surface area contributed by atoms with Gasteiger partial charge in [0.25, 0.3) is 0 Å². The lowest BCUT2D eigenvalue weighted by atomic mass is 9.98. The van der Waals surface area contributed by atoms with E-state index >= 15 is 0 Å². The van der Waals surface area contributed by atoms with Crippen molar-refractivity contribution < 1.29 is 23.1 Å². The van der Waals surface area contributed by atoms with E-state index in [1.807, 2.05) is 36.4 Å².